The zero-order chi connectivity index (χ0) is 19.4. The molecule has 4 nitrogen and oxygen atoms in total. The monoisotopic (exact) mass is 385 g/mol. The molecule has 2 aromatic rings. The Bertz CT molecular complexity index is 876. The molecule has 0 aliphatic heterocycles. The van der Waals surface area contributed by atoms with E-state index in [1.54, 1.807) is 24.3 Å². The third kappa shape index (κ3) is 4.47. The Morgan fingerprint density at radius 3 is 2.37 bits per heavy atom. The lowest BCUT2D eigenvalue weighted by Gasteiger charge is -2.36. The van der Waals surface area contributed by atoms with Gasteiger partial charge in [-0.3, -0.25) is 4.79 Å². The normalized spacial score (nSPS) is 21.8. The summed E-state index contributed by atoms with van der Waals surface area (Å²) in [4.78, 5) is 13.0. The SMILES string of the molecule is CC[C@@H]1CCCC(=O)[C@H]1[C@H](NS(=O)(=O)c1ccc(C)cc1)c1ccccc1. The van der Waals surface area contributed by atoms with E-state index in [-0.39, 0.29) is 22.5 Å². The zero-order valence-electron chi connectivity index (χ0n) is 15.9. The van der Waals surface area contributed by atoms with Gasteiger partial charge in [0.1, 0.15) is 5.78 Å². The van der Waals surface area contributed by atoms with Crippen molar-refractivity contribution in [2.75, 3.05) is 0 Å². The third-order valence-corrected chi connectivity index (χ3v) is 6.99. The lowest BCUT2D eigenvalue weighted by molar-refractivity contribution is -0.127. The van der Waals surface area contributed by atoms with E-state index >= 15 is 0 Å². The minimum absolute atomic E-state index is 0.161. The van der Waals surface area contributed by atoms with Gasteiger partial charge >= 0.3 is 0 Å². The van der Waals surface area contributed by atoms with Crippen molar-refractivity contribution in [3.63, 3.8) is 0 Å². The number of carbonyl (C=O) groups is 1. The molecule has 0 unspecified atom stereocenters. The first-order valence-electron chi connectivity index (χ1n) is 9.59. The number of carbonyl (C=O) groups excluding carboxylic acids is 1. The van der Waals surface area contributed by atoms with Crippen LogP contribution in [-0.4, -0.2) is 14.2 Å². The molecular weight excluding hydrogens is 358 g/mol. The molecule has 3 atom stereocenters. The first kappa shape index (κ1) is 19.8. The molecule has 1 aliphatic rings. The summed E-state index contributed by atoms with van der Waals surface area (Å²) in [5, 5.41) is 0. The van der Waals surface area contributed by atoms with Crippen LogP contribution >= 0.6 is 0 Å². The lowest BCUT2D eigenvalue weighted by Crippen LogP contribution is -2.42. The van der Waals surface area contributed by atoms with Crippen LogP contribution in [-0.2, 0) is 14.8 Å². The largest absolute Gasteiger partial charge is 0.299 e. The molecule has 0 saturated heterocycles. The van der Waals surface area contributed by atoms with Crippen LogP contribution in [0, 0.1) is 18.8 Å². The number of aryl methyl sites for hydroxylation is 1. The molecule has 27 heavy (non-hydrogen) atoms. The van der Waals surface area contributed by atoms with Crippen molar-refractivity contribution in [1.82, 2.24) is 4.72 Å². The van der Waals surface area contributed by atoms with Gasteiger partial charge in [0.15, 0.2) is 0 Å². The predicted molar refractivity (Wildman–Crippen MR) is 107 cm³/mol. The molecule has 2 aromatic carbocycles. The molecule has 5 heteroatoms. The Labute approximate surface area is 162 Å². The smallest absolute Gasteiger partial charge is 0.241 e. The van der Waals surface area contributed by atoms with Crippen molar-refractivity contribution in [3.05, 3.63) is 65.7 Å². The first-order chi connectivity index (χ1) is 12.9. The van der Waals surface area contributed by atoms with Gasteiger partial charge < -0.3 is 0 Å². The van der Waals surface area contributed by atoms with Crippen LogP contribution in [0.25, 0.3) is 0 Å². The maximum absolute atomic E-state index is 13.0. The summed E-state index contributed by atoms with van der Waals surface area (Å²) in [6.07, 6.45) is 3.24. The van der Waals surface area contributed by atoms with Crippen molar-refractivity contribution >= 4 is 15.8 Å². The van der Waals surface area contributed by atoms with Crippen LogP contribution in [0.15, 0.2) is 59.5 Å². The third-order valence-electron chi connectivity index (χ3n) is 5.53. The highest BCUT2D eigenvalue weighted by molar-refractivity contribution is 7.89. The highest BCUT2D eigenvalue weighted by atomic mass is 32.2. The van der Waals surface area contributed by atoms with Gasteiger partial charge in [-0.15, -0.1) is 0 Å². The Morgan fingerprint density at radius 1 is 1.07 bits per heavy atom. The Balaban J connectivity index is 2.00. The molecule has 0 radical (unpaired) electrons. The van der Waals surface area contributed by atoms with E-state index in [4.69, 9.17) is 0 Å². The van der Waals surface area contributed by atoms with Crippen molar-refractivity contribution < 1.29 is 13.2 Å². The number of ketones is 1. The van der Waals surface area contributed by atoms with Gasteiger partial charge in [-0.05, 0) is 43.4 Å². The fourth-order valence-electron chi connectivity index (χ4n) is 4.03. The summed E-state index contributed by atoms with van der Waals surface area (Å²) >= 11 is 0. The second-order valence-electron chi connectivity index (χ2n) is 7.38. The van der Waals surface area contributed by atoms with E-state index in [9.17, 15) is 13.2 Å². The molecule has 0 heterocycles. The fourth-order valence-corrected chi connectivity index (χ4v) is 5.27. The van der Waals surface area contributed by atoms with Gasteiger partial charge in [0.05, 0.1) is 10.9 Å². The molecule has 0 aromatic heterocycles. The highest BCUT2D eigenvalue weighted by Gasteiger charge is 2.39. The molecule has 0 spiro atoms. The van der Waals surface area contributed by atoms with Crippen LogP contribution in [0.4, 0.5) is 0 Å². The van der Waals surface area contributed by atoms with Crippen molar-refractivity contribution in [2.45, 2.75) is 50.5 Å². The number of nitrogens with one attached hydrogen (secondary N) is 1. The van der Waals surface area contributed by atoms with Gasteiger partial charge in [0.25, 0.3) is 0 Å². The topological polar surface area (TPSA) is 63.2 Å². The summed E-state index contributed by atoms with van der Waals surface area (Å²) in [5.41, 5.74) is 1.84. The standard InChI is InChI=1S/C22H27NO3S/c1-3-17-10-7-11-20(24)21(17)22(18-8-5-4-6-9-18)23-27(25,26)19-14-12-16(2)13-15-19/h4-6,8-9,12-15,17,21-23H,3,7,10-11H2,1-2H3/t17-,21+,22-/m1/s1. The summed E-state index contributed by atoms with van der Waals surface area (Å²) in [7, 11) is -3.73. The lowest BCUT2D eigenvalue weighted by atomic mass is 9.72. The molecule has 1 N–H and O–H groups in total. The van der Waals surface area contributed by atoms with Gasteiger partial charge in [-0.2, -0.15) is 0 Å². The van der Waals surface area contributed by atoms with Crippen LogP contribution < -0.4 is 4.72 Å². The predicted octanol–water partition coefficient (Wildman–Crippen LogP) is 4.41. The molecule has 0 amide bonds. The molecule has 1 fully saturated rings. The average Bonchev–Trinajstić information content (AvgIpc) is 2.67. The summed E-state index contributed by atoms with van der Waals surface area (Å²) in [5.74, 6) is 0.0251. The minimum Gasteiger partial charge on any atom is -0.299 e. The van der Waals surface area contributed by atoms with Crippen LogP contribution in [0.2, 0.25) is 0 Å². The van der Waals surface area contributed by atoms with Crippen LogP contribution in [0.3, 0.4) is 0 Å². The molecule has 3 rings (SSSR count). The van der Waals surface area contributed by atoms with Gasteiger partial charge in [-0.25, -0.2) is 13.1 Å². The van der Waals surface area contributed by atoms with Gasteiger partial charge in [-0.1, -0.05) is 61.4 Å². The summed E-state index contributed by atoms with van der Waals surface area (Å²) in [6, 6.07) is 15.7. The number of hydrogen-bond donors (Lipinski definition) is 1. The van der Waals surface area contributed by atoms with Gasteiger partial charge in [0, 0.05) is 12.3 Å². The number of rotatable bonds is 6. The maximum atomic E-state index is 13.0. The number of benzene rings is 2. The fraction of sp³-hybridized carbons (Fsp3) is 0.409. The second kappa shape index (κ2) is 8.36. The molecule has 1 saturated carbocycles. The van der Waals surface area contributed by atoms with E-state index in [2.05, 4.69) is 11.6 Å². The molecular formula is C22H27NO3S. The van der Waals surface area contributed by atoms with Gasteiger partial charge in [0.2, 0.25) is 10.0 Å². The zero-order valence-corrected chi connectivity index (χ0v) is 16.7. The van der Waals surface area contributed by atoms with E-state index in [1.165, 1.54) is 0 Å². The molecule has 144 valence electrons. The van der Waals surface area contributed by atoms with Crippen LogP contribution in [0.5, 0.6) is 0 Å². The van der Waals surface area contributed by atoms with E-state index in [0.29, 0.717) is 6.42 Å². The second-order valence-corrected chi connectivity index (χ2v) is 9.09. The van der Waals surface area contributed by atoms with E-state index in [0.717, 1.165) is 30.4 Å². The quantitative estimate of drug-likeness (QED) is 0.801. The van der Waals surface area contributed by atoms with Crippen molar-refractivity contribution in [2.24, 2.45) is 11.8 Å². The summed E-state index contributed by atoms with van der Waals surface area (Å²) < 4.78 is 29.0. The van der Waals surface area contributed by atoms with Crippen molar-refractivity contribution in [1.29, 1.82) is 0 Å². The van der Waals surface area contributed by atoms with Crippen LogP contribution in [0.1, 0.15) is 49.8 Å². The van der Waals surface area contributed by atoms with Crippen molar-refractivity contribution in [3.8, 4) is 0 Å². The minimum atomic E-state index is -3.73. The maximum Gasteiger partial charge on any atom is 0.241 e. The number of Topliss-reactive ketones (excluding diaryl/α,β-unsaturated/α-hetero) is 1. The highest BCUT2D eigenvalue weighted by Crippen LogP contribution is 2.39. The Morgan fingerprint density at radius 2 is 1.74 bits per heavy atom. The molecule has 1 aliphatic carbocycles. The summed E-state index contributed by atoms with van der Waals surface area (Å²) in [6.45, 7) is 4.00. The van der Waals surface area contributed by atoms with E-state index < -0.39 is 16.1 Å². The first-order valence-corrected chi connectivity index (χ1v) is 11.1. The van der Waals surface area contributed by atoms with E-state index in [1.807, 2.05) is 37.3 Å². The molecule has 0 bridgehead atoms. The Hall–Kier alpha value is -1.98. The Kier molecular flexibility index (Phi) is 6.12. The average molecular weight is 386 g/mol. The number of hydrogen-bond acceptors (Lipinski definition) is 3. The number of sulfonamides is 1.